The van der Waals surface area contributed by atoms with Crippen molar-refractivity contribution in [1.82, 2.24) is 24.6 Å². The number of hydrogen-bond donors (Lipinski definition) is 3. The number of nitrogens with zero attached hydrogens (tertiary/aromatic N) is 5. The second-order valence-electron chi connectivity index (χ2n) is 5.28. The predicted molar refractivity (Wildman–Crippen MR) is 81.4 cm³/mol. The summed E-state index contributed by atoms with van der Waals surface area (Å²) in [5.74, 6) is 6.80. The number of nitrogens with one attached hydrogen (secondary N) is 1. The molecule has 0 saturated carbocycles. The molecule has 0 aliphatic carbocycles. The molecule has 0 bridgehead atoms. The minimum Gasteiger partial charge on any atom is -0.396 e. The number of nitrogens with two attached hydrogens (primary N) is 1. The quantitative estimate of drug-likeness (QED) is 0.496. The molecular weight excluding hydrogens is 270 g/mol. The van der Waals surface area contributed by atoms with Gasteiger partial charge in [-0.3, -0.25) is 9.58 Å². The molecule has 4 N–H and O–H groups in total. The normalized spacial score (nSPS) is 11.8. The summed E-state index contributed by atoms with van der Waals surface area (Å²) in [5.41, 5.74) is 3.36. The van der Waals surface area contributed by atoms with Gasteiger partial charge in [-0.25, -0.2) is 15.8 Å². The van der Waals surface area contributed by atoms with Gasteiger partial charge in [0.15, 0.2) is 11.5 Å². The molecular formula is C13H23N7O. The molecule has 8 heteroatoms. The van der Waals surface area contributed by atoms with Crippen molar-refractivity contribution in [2.24, 2.45) is 12.9 Å². The summed E-state index contributed by atoms with van der Waals surface area (Å²) >= 11 is 0. The summed E-state index contributed by atoms with van der Waals surface area (Å²) in [7, 11) is 1.84. The summed E-state index contributed by atoms with van der Waals surface area (Å²) in [5, 5.41) is 14.0. The first-order chi connectivity index (χ1) is 10.1. The van der Waals surface area contributed by atoms with E-state index in [0.29, 0.717) is 24.2 Å². The van der Waals surface area contributed by atoms with Crippen LogP contribution in [0.5, 0.6) is 0 Å². The minimum atomic E-state index is 0.181. The summed E-state index contributed by atoms with van der Waals surface area (Å²) < 4.78 is 1.70. The van der Waals surface area contributed by atoms with Crippen molar-refractivity contribution in [3.63, 3.8) is 0 Å². The summed E-state index contributed by atoms with van der Waals surface area (Å²) in [6.07, 6.45) is 2.43. The van der Waals surface area contributed by atoms with Gasteiger partial charge >= 0.3 is 0 Å². The van der Waals surface area contributed by atoms with Crippen molar-refractivity contribution in [3.05, 3.63) is 12.0 Å². The van der Waals surface area contributed by atoms with Crippen molar-refractivity contribution in [1.29, 1.82) is 0 Å². The van der Waals surface area contributed by atoms with Crippen LogP contribution in [-0.2, 0) is 13.6 Å². The Morgan fingerprint density at radius 2 is 2.19 bits per heavy atom. The number of hydrogen-bond acceptors (Lipinski definition) is 7. The van der Waals surface area contributed by atoms with Crippen molar-refractivity contribution in [2.75, 3.05) is 18.6 Å². The Morgan fingerprint density at radius 1 is 1.43 bits per heavy atom. The molecule has 0 aromatic carbocycles. The molecule has 0 aliphatic rings. The van der Waals surface area contributed by atoms with Crippen LogP contribution in [0.1, 0.15) is 26.1 Å². The van der Waals surface area contributed by atoms with Gasteiger partial charge in [0.05, 0.1) is 18.1 Å². The van der Waals surface area contributed by atoms with E-state index < -0.39 is 0 Å². The van der Waals surface area contributed by atoms with Crippen molar-refractivity contribution >= 4 is 16.9 Å². The molecule has 0 unspecified atom stereocenters. The lowest BCUT2D eigenvalue weighted by molar-refractivity contribution is 0.181. The molecule has 0 saturated heterocycles. The standard InChI is InChI=1S/C13H23N7O/c1-9(2)20(5-4-6-21)8-11-16-12(18-14)10-7-15-19(3)13(10)17-11/h7,9,21H,4-6,8,14H2,1-3H3,(H,16,17,18). The van der Waals surface area contributed by atoms with Crippen molar-refractivity contribution < 1.29 is 5.11 Å². The molecule has 0 radical (unpaired) electrons. The monoisotopic (exact) mass is 293 g/mol. The first-order valence-electron chi connectivity index (χ1n) is 7.07. The number of aryl methyl sites for hydroxylation is 1. The Labute approximate surface area is 123 Å². The third kappa shape index (κ3) is 3.46. The third-order valence-corrected chi connectivity index (χ3v) is 3.45. The second kappa shape index (κ2) is 6.79. The maximum Gasteiger partial charge on any atom is 0.163 e. The van der Waals surface area contributed by atoms with Gasteiger partial charge in [-0.1, -0.05) is 0 Å². The first kappa shape index (κ1) is 15.6. The predicted octanol–water partition coefficient (Wildman–Crippen LogP) is 0.242. The van der Waals surface area contributed by atoms with E-state index >= 15 is 0 Å². The molecule has 2 aromatic rings. The van der Waals surface area contributed by atoms with Crippen LogP contribution >= 0.6 is 0 Å². The van der Waals surface area contributed by atoms with E-state index in [2.05, 4.69) is 39.2 Å². The molecule has 8 nitrogen and oxygen atoms in total. The van der Waals surface area contributed by atoms with Gasteiger partial charge in [0, 0.05) is 26.2 Å². The van der Waals surface area contributed by atoms with E-state index in [0.717, 1.165) is 24.0 Å². The summed E-state index contributed by atoms with van der Waals surface area (Å²) in [6.45, 7) is 5.81. The maximum absolute atomic E-state index is 9.00. The minimum absolute atomic E-state index is 0.181. The van der Waals surface area contributed by atoms with Crippen LogP contribution in [0.3, 0.4) is 0 Å². The van der Waals surface area contributed by atoms with Gasteiger partial charge in [0.1, 0.15) is 5.82 Å². The van der Waals surface area contributed by atoms with Crippen LogP contribution in [-0.4, -0.2) is 48.9 Å². The fourth-order valence-corrected chi connectivity index (χ4v) is 2.22. The van der Waals surface area contributed by atoms with E-state index in [1.165, 1.54) is 0 Å². The average Bonchev–Trinajstić information content (AvgIpc) is 2.84. The number of nitrogen functional groups attached to an aromatic ring is 1. The van der Waals surface area contributed by atoms with Gasteiger partial charge in [-0.05, 0) is 20.3 Å². The highest BCUT2D eigenvalue weighted by Crippen LogP contribution is 2.19. The number of fused-ring (bicyclic) bond motifs is 1. The lowest BCUT2D eigenvalue weighted by atomic mass is 10.2. The third-order valence-electron chi connectivity index (χ3n) is 3.45. The topological polar surface area (TPSA) is 105 Å². The van der Waals surface area contributed by atoms with Crippen LogP contribution in [0, 0.1) is 0 Å². The number of aliphatic hydroxyl groups is 1. The molecule has 116 valence electrons. The average molecular weight is 293 g/mol. The first-order valence-corrected chi connectivity index (χ1v) is 7.07. The van der Waals surface area contributed by atoms with Crippen LogP contribution in [0.4, 0.5) is 5.82 Å². The van der Waals surface area contributed by atoms with Gasteiger partial charge in [0.2, 0.25) is 0 Å². The van der Waals surface area contributed by atoms with E-state index in [4.69, 9.17) is 10.9 Å². The SMILES string of the molecule is CC(C)N(CCCO)Cc1nc(NN)c2cnn(C)c2n1. The van der Waals surface area contributed by atoms with E-state index in [1.807, 2.05) is 7.05 Å². The molecule has 2 rings (SSSR count). The smallest absolute Gasteiger partial charge is 0.163 e. The summed E-state index contributed by atoms with van der Waals surface area (Å²) in [6, 6.07) is 0.344. The van der Waals surface area contributed by atoms with Crippen LogP contribution < -0.4 is 11.3 Å². The van der Waals surface area contributed by atoms with Crippen molar-refractivity contribution in [3.8, 4) is 0 Å². The van der Waals surface area contributed by atoms with Gasteiger partial charge in [-0.15, -0.1) is 0 Å². The highest BCUT2D eigenvalue weighted by Gasteiger charge is 2.15. The number of hydrazine groups is 1. The van der Waals surface area contributed by atoms with Gasteiger partial charge in [0.25, 0.3) is 0 Å². The lowest BCUT2D eigenvalue weighted by Gasteiger charge is -2.25. The van der Waals surface area contributed by atoms with Crippen LogP contribution in [0.15, 0.2) is 6.20 Å². The molecule has 2 aromatic heterocycles. The van der Waals surface area contributed by atoms with E-state index in [-0.39, 0.29) is 6.61 Å². The molecule has 0 amide bonds. The number of aromatic nitrogens is 4. The van der Waals surface area contributed by atoms with Crippen LogP contribution in [0.25, 0.3) is 11.0 Å². The molecule has 0 spiro atoms. The zero-order valence-electron chi connectivity index (χ0n) is 12.7. The zero-order valence-corrected chi connectivity index (χ0v) is 12.7. The van der Waals surface area contributed by atoms with Crippen molar-refractivity contribution in [2.45, 2.75) is 32.9 Å². The largest absolute Gasteiger partial charge is 0.396 e. The number of rotatable bonds is 7. The number of aliphatic hydroxyl groups excluding tert-OH is 1. The molecule has 0 fully saturated rings. The summed E-state index contributed by atoms with van der Waals surface area (Å²) in [4.78, 5) is 11.2. The highest BCUT2D eigenvalue weighted by molar-refractivity contribution is 5.86. The van der Waals surface area contributed by atoms with E-state index in [9.17, 15) is 0 Å². The highest BCUT2D eigenvalue weighted by atomic mass is 16.3. The number of anilines is 1. The fourth-order valence-electron chi connectivity index (χ4n) is 2.22. The molecule has 2 heterocycles. The van der Waals surface area contributed by atoms with Gasteiger partial charge in [-0.2, -0.15) is 5.10 Å². The molecule has 0 aliphatic heterocycles. The Balaban J connectivity index is 2.30. The molecule has 21 heavy (non-hydrogen) atoms. The fraction of sp³-hybridized carbons (Fsp3) is 0.615. The van der Waals surface area contributed by atoms with Crippen LogP contribution in [0.2, 0.25) is 0 Å². The second-order valence-corrected chi connectivity index (χ2v) is 5.28. The molecule has 0 atom stereocenters. The lowest BCUT2D eigenvalue weighted by Crippen LogP contribution is -2.32. The van der Waals surface area contributed by atoms with Gasteiger partial charge < -0.3 is 10.5 Å². The Morgan fingerprint density at radius 3 is 2.81 bits per heavy atom. The zero-order chi connectivity index (χ0) is 15.4. The Bertz CT molecular complexity index is 595. The Hall–Kier alpha value is -1.77. The maximum atomic E-state index is 9.00. The van der Waals surface area contributed by atoms with E-state index in [1.54, 1.807) is 10.9 Å². The Kier molecular flexibility index (Phi) is 5.05.